The van der Waals surface area contributed by atoms with Crippen LogP contribution in [0.1, 0.15) is 24.0 Å². The molecule has 1 aromatic rings. The minimum atomic E-state index is 0.0972. The molecule has 0 bridgehead atoms. The number of oxime groups is 1. The zero-order valence-electron chi connectivity index (χ0n) is 11.6. The summed E-state index contributed by atoms with van der Waals surface area (Å²) in [5.74, 6) is 0.888. The molecule has 20 heavy (non-hydrogen) atoms. The highest BCUT2D eigenvalue weighted by molar-refractivity contribution is 5.97. The lowest BCUT2D eigenvalue weighted by Crippen LogP contribution is -2.34. The molecule has 1 fully saturated rings. The molecule has 110 valence electrons. The lowest BCUT2D eigenvalue weighted by Gasteiger charge is -2.23. The summed E-state index contributed by atoms with van der Waals surface area (Å²) in [6, 6.07) is 5.93. The van der Waals surface area contributed by atoms with Crippen LogP contribution in [0.25, 0.3) is 0 Å². The maximum absolute atomic E-state index is 8.74. The molecule has 2 rings (SSSR count). The molecule has 1 saturated heterocycles. The third-order valence-corrected chi connectivity index (χ3v) is 3.49. The maximum Gasteiger partial charge on any atom is 0.170 e. The van der Waals surface area contributed by atoms with Gasteiger partial charge in [0.15, 0.2) is 5.84 Å². The SMILES string of the molecule is COc1ccc(/C(N)=N/O)cc1CNC1CCOCC1. The van der Waals surface area contributed by atoms with Crippen molar-refractivity contribution in [3.63, 3.8) is 0 Å². The number of nitrogens with two attached hydrogens (primary N) is 1. The van der Waals surface area contributed by atoms with Gasteiger partial charge in [0.2, 0.25) is 0 Å². The van der Waals surface area contributed by atoms with E-state index in [2.05, 4.69) is 10.5 Å². The van der Waals surface area contributed by atoms with E-state index in [0.717, 1.165) is 37.4 Å². The average molecular weight is 279 g/mol. The van der Waals surface area contributed by atoms with E-state index < -0.39 is 0 Å². The lowest BCUT2D eigenvalue weighted by molar-refractivity contribution is 0.0775. The summed E-state index contributed by atoms with van der Waals surface area (Å²) in [6.07, 6.45) is 2.03. The van der Waals surface area contributed by atoms with E-state index in [4.69, 9.17) is 20.4 Å². The van der Waals surface area contributed by atoms with Crippen LogP contribution in [0, 0.1) is 0 Å². The van der Waals surface area contributed by atoms with Crippen molar-refractivity contribution in [2.24, 2.45) is 10.9 Å². The van der Waals surface area contributed by atoms with Crippen LogP contribution < -0.4 is 15.8 Å². The second-order valence-corrected chi connectivity index (χ2v) is 4.78. The van der Waals surface area contributed by atoms with Crippen molar-refractivity contribution in [2.75, 3.05) is 20.3 Å². The molecule has 1 heterocycles. The van der Waals surface area contributed by atoms with Crippen molar-refractivity contribution in [2.45, 2.75) is 25.4 Å². The first-order valence-corrected chi connectivity index (χ1v) is 6.70. The second-order valence-electron chi connectivity index (χ2n) is 4.78. The first-order chi connectivity index (χ1) is 9.74. The highest BCUT2D eigenvalue weighted by atomic mass is 16.5. The van der Waals surface area contributed by atoms with Crippen molar-refractivity contribution >= 4 is 5.84 Å². The Kier molecular flexibility index (Phi) is 5.20. The fourth-order valence-electron chi connectivity index (χ4n) is 2.29. The molecular formula is C14H21N3O3. The van der Waals surface area contributed by atoms with E-state index in [0.29, 0.717) is 18.2 Å². The van der Waals surface area contributed by atoms with Gasteiger partial charge >= 0.3 is 0 Å². The number of nitrogens with one attached hydrogen (secondary N) is 1. The average Bonchev–Trinajstić information content (AvgIpc) is 2.52. The molecule has 0 radical (unpaired) electrons. The largest absolute Gasteiger partial charge is 0.496 e. The molecule has 0 spiro atoms. The Labute approximate surface area is 118 Å². The Morgan fingerprint density at radius 2 is 2.25 bits per heavy atom. The Balaban J connectivity index is 2.07. The van der Waals surface area contributed by atoms with Gasteiger partial charge < -0.3 is 25.7 Å². The Bertz CT molecular complexity index is 471. The number of methoxy groups -OCH3 is 1. The summed E-state index contributed by atoms with van der Waals surface area (Å²) in [5, 5.41) is 15.3. The zero-order valence-corrected chi connectivity index (χ0v) is 11.6. The van der Waals surface area contributed by atoms with Crippen LogP contribution in [0.4, 0.5) is 0 Å². The van der Waals surface area contributed by atoms with Crippen molar-refractivity contribution in [3.8, 4) is 5.75 Å². The van der Waals surface area contributed by atoms with Gasteiger partial charge in [0.05, 0.1) is 7.11 Å². The van der Waals surface area contributed by atoms with Crippen LogP contribution in [0.5, 0.6) is 5.75 Å². The van der Waals surface area contributed by atoms with Crippen LogP contribution in [0.2, 0.25) is 0 Å². The normalized spacial score (nSPS) is 17.1. The topological polar surface area (TPSA) is 89.1 Å². The lowest BCUT2D eigenvalue weighted by atomic mass is 10.1. The van der Waals surface area contributed by atoms with Gasteiger partial charge in [-0.25, -0.2) is 0 Å². The van der Waals surface area contributed by atoms with Gasteiger partial charge in [-0.3, -0.25) is 0 Å². The molecule has 0 amide bonds. The number of amidine groups is 1. The van der Waals surface area contributed by atoms with E-state index in [9.17, 15) is 0 Å². The molecule has 4 N–H and O–H groups in total. The summed E-state index contributed by atoms with van der Waals surface area (Å²) < 4.78 is 10.7. The smallest absolute Gasteiger partial charge is 0.170 e. The summed E-state index contributed by atoms with van der Waals surface area (Å²) in [5.41, 5.74) is 7.28. The Hall–Kier alpha value is -1.79. The molecule has 1 aromatic carbocycles. The Morgan fingerprint density at radius 1 is 1.50 bits per heavy atom. The molecule has 0 aromatic heterocycles. The van der Waals surface area contributed by atoms with Gasteiger partial charge in [-0.15, -0.1) is 0 Å². The molecule has 0 aliphatic carbocycles. The molecule has 1 aliphatic rings. The highest BCUT2D eigenvalue weighted by Gasteiger charge is 2.14. The minimum absolute atomic E-state index is 0.0972. The van der Waals surface area contributed by atoms with Crippen LogP contribution in [-0.2, 0) is 11.3 Å². The predicted molar refractivity (Wildman–Crippen MR) is 76.2 cm³/mol. The summed E-state index contributed by atoms with van der Waals surface area (Å²) >= 11 is 0. The van der Waals surface area contributed by atoms with Crippen LogP contribution >= 0.6 is 0 Å². The molecular weight excluding hydrogens is 258 g/mol. The minimum Gasteiger partial charge on any atom is -0.496 e. The van der Waals surface area contributed by atoms with Crippen LogP contribution in [0.3, 0.4) is 0 Å². The standard InChI is InChI=1S/C14H21N3O3/c1-19-13-3-2-10(14(15)17-18)8-11(13)9-16-12-4-6-20-7-5-12/h2-3,8,12,16,18H,4-7,9H2,1H3,(H2,15,17). The molecule has 6 heteroatoms. The summed E-state index contributed by atoms with van der Waals surface area (Å²) in [6.45, 7) is 2.29. The van der Waals surface area contributed by atoms with Crippen LogP contribution in [0.15, 0.2) is 23.4 Å². The van der Waals surface area contributed by atoms with Gasteiger partial charge in [-0.1, -0.05) is 5.16 Å². The number of hydrogen-bond acceptors (Lipinski definition) is 5. The number of rotatable bonds is 5. The number of benzene rings is 1. The molecule has 6 nitrogen and oxygen atoms in total. The summed E-state index contributed by atoms with van der Waals surface area (Å²) in [4.78, 5) is 0. The van der Waals surface area contributed by atoms with Crippen molar-refractivity contribution in [1.29, 1.82) is 0 Å². The zero-order chi connectivity index (χ0) is 14.4. The first kappa shape index (κ1) is 14.6. The van der Waals surface area contributed by atoms with Crippen molar-refractivity contribution in [3.05, 3.63) is 29.3 Å². The third-order valence-electron chi connectivity index (χ3n) is 3.49. The summed E-state index contributed by atoms with van der Waals surface area (Å²) in [7, 11) is 1.64. The van der Waals surface area contributed by atoms with E-state index in [1.165, 1.54) is 0 Å². The highest BCUT2D eigenvalue weighted by Crippen LogP contribution is 2.20. The number of hydrogen-bond donors (Lipinski definition) is 3. The third kappa shape index (κ3) is 3.61. The van der Waals surface area contributed by atoms with E-state index in [1.54, 1.807) is 13.2 Å². The monoisotopic (exact) mass is 279 g/mol. The quantitative estimate of drug-likeness (QED) is 0.324. The molecule has 0 atom stereocenters. The maximum atomic E-state index is 8.74. The fourth-order valence-corrected chi connectivity index (χ4v) is 2.29. The van der Waals surface area contributed by atoms with Crippen molar-refractivity contribution < 1.29 is 14.7 Å². The van der Waals surface area contributed by atoms with Gasteiger partial charge in [0, 0.05) is 36.9 Å². The van der Waals surface area contributed by atoms with Crippen LogP contribution in [-0.4, -0.2) is 37.4 Å². The number of nitrogens with zero attached hydrogens (tertiary/aromatic N) is 1. The molecule has 1 aliphatic heterocycles. The van der Waals surface area contributed by atoms with Gasteiger partial charge in [0.25, 0.3) is 0 Å². The predicted octanol–water partition coefficient (Wildman–Crippen LogP) is 1.06. The Morgan fingerprint density at radius 3 is 2.90 bits per heavy atom. The van der Waals surface area contributed by atoms with E-state index in [1.807, 2.05) is 12.1 Å². The van der Waals surface area contributed by atoms with Crippen molar-refractivity contribution in [1.82, 2.24) is 5.32 Å². The van der Waals surface area contributed by atoms with E-state index in [-0.39, 0.29) is 5.84 Å². The van der Waals surface area contributed by atoms with Gasteiger partial charge in [-0.2, -0.15) is 0 Å². The number of ether oxygens (including phenoxy) is 2. The fraction of sp³-hybridized carbons (Fsp3) is 0.500. The van der Waals surface area contributed by atoms with Gasteiger partial charge in [-0.05, 0) is 31.0 Å². The second kappa shape index (κ2) is 7.12. The first-order valence-electron chi connectivity index (χ1n) is 6.70. The molecule has 0 saturated carbocycles. The van der Waals surface area contributed by atoms with Gasteiger partial charge in [0.1, 0.15) is 5.75 Å². The van der Waals surface area contributed by atoms with E-state index >= 15 is 0 Å². The molecule has 0 unspecified atom stereocenters.